The minimum Gasteiger partial charge on any atom is -0.756 e. The van der Waals surface area contributed by atoms with Crippen LogP contribution < -0.4 is 4.89 Å². The van der Waals surface area contributed by atoms with E-state index < -0.39 is 32.5 Å². The summed E-state index contributed by atoms with van der Waals surface area (Å²) in [4.78, 5) is 37.5. The Morgan fingerprint density at radius 2 is 1.02 bits per heavy atom. The number of allylic oxidation sites excluding steroid dienone is 6. The van der Waals surface area contributed by atoms with Gasteiger partial charge in [-0.2, -0.15) is 0 Å². The van der Waals surface area contributed by atoms with Crippen LogP contribution in [0.5, 0.6) is 0 Å². The Morgan fingerprint density at radius 3 is 1.54 bits per heavy atom. The molecule has 0 aliphatic carbocycles. The summed E-state index contributed by atoms with van der Waals surface area (Å²) >= 11 is 0. The van der Waals surface area contributed by atoms with Crippen LogP contribution in [0.2, 0.25) is 0 Å². The number of phosphoric ester groups is 1. The molecular weight excluding hydrogens is 701 g/mol. The van der Waals surface area contributed by atoms with Gasteiger partial charge in [-0.15, -0.1) is 0 Å². The van der Waals surface area contributed by atoms with E-state index in [9.17, 15) is 19.0 Å². The van der Waals surface area contributed by atoms with Crippen molar-refractivity contribution in [3.8, 4) is 0 Å². The molecule has 0 aromatic rings. The summed E-state index contributed by atoms with van der Waals surface area (Å²) in [5, 5.41) is 0. The summed E-state index contributed by atoms with van der Waals surface area (Å²) in [6.45, 7) is 4.15. The highest BCUT2D eigenvalue weighted by Gasteiger charge is 2.21. The van der Waals surface area contributed by atoms with E-state index in [0.29, 0.717) is 17.4 Å². The van der Waals surface area contributed by atoms with Crippen molar-refractivity contribution >= 4 is 19.8 Å². The second kappa shape index (κ2) is 36.8. The van der Waals surface area contributed by atoms with Crippen LogP contribution in [0.25, 0.3) is 0 Å². The number of hydrogen-bond donors (Lipinski definition) is 0. The van der Waals surface area contributed by atoms with Crippen molar-refractivity contribution in [2.24, 2.45) is 0 Å². The Bertz CT molecular complexity index is 1020. The number of likely N-dealkylation sites (N-methyl/N-ethyl adjacent to an activating group) is 1. The van der Waals surface area contributed by atoms with Crippen LogP contribution in [0.1, 0.15) is 181 Å². The third kappa shape index (κ3) is 39.9. The van der Waals surface area contributed by atoms with E-state index in [-0.39, 0.29) is 26.1 Å². The number of rotatable bonds is 39. The quantitative estimate of drug-likeness (QED) is 0.0151. The SMILES string of the molecule is CCCC/C=C/CCCCCCCCCCCC(=O)OC[C@H](COP(=O)([O-])OCC[N+](C)(C)C)OC(=O)CCCCCCC/C=C/C=C/CCCCCC. The number of quaternary nitrogens is 1. The zero-order valence-electron chi connectivity index (χ0n) is 35.4. The molecule has 0 aliphatic heterocycles. The first kappa shape index (κ1) is 52.2. The number of esters is 2. The number of ether oxygens (including phenoxy) is 2. The lowest BCUT2D eigenvalue weighted by atomic mass is 10.1. The first-order chi connectivity index (χ1) is 26.0. The molecule has 0 aromatic carbocycles. The zero-order chi connectivity index (χ0) is 40.0. The lowest BCUT2D eigenvalue weighted by Gasteiger charge is -2.28. The maximum atomic E-state index is 12.7. The molecule has 0 saturated carbocycles. The fraction of sp³-hybridized carbons (Fsp3) is 0.818. The number of hydrogen-bond acceptors (Lipinski definition) is 8. The average molecular weight is 784 g/mol. The monoisotopic (exact) mass is 784 g/mol. The Balaban J connectivity index is 4.39. The number of carbonyl (C=O) groups excluding carboxylic acids is 2. The van der Waals surface area contributed by atoms with E-state index in [2.05, 4.69) is 50.3 Å². The van der Waals surface area contributed by atoms with Gasteiger partial charge in [0.15, 0.2) is 6.10 Å². The minimum atomic E-state index is -4.63. The predicted octanol–water partition coefficient (Wildman–Crippen LogP) is 11.5. The number of phosphoric acid groups is 1. The van der Waals surface area contributed by atoms with Crippen LogP contribution >= 0.6 is 7.82 Å². The van der Waals surface area contributed by atoms with Gasteiger partial charge in [-0.05, 0) is 57.8 Å². The molecule has 0 heterocycles. The van der Waals surface area contributed by atoms with Gasteiger partial charge in [0, 0.05) is 12.8 Å². The normalized spacial score (nSPS) is 14.0. The van der Waals surface area contributed by atoms with E-state index in [4.69, 9.17) is 18.5 Å². The molecule has 316 valence electrons. The molecule has 0 rings (SSSR count). The highest BCUT2D eigenvalue weighted by molar-refractivity contribution is 7.45. The Labute approximate surface area is 331 Å². The molecule has 0 N–H and O–H groups in total. The molecular formula is C44H82NO8P. The van der Waals surface area contributed by atoms with E-state index in [0.717, 1.165) is 57.8 Å². The van der Waals surface area contributed by atoms with E-state index in [1.165, 1.54) is 89.9 Å². The summed E-state index contributed by atoms with van der Waals surface area (Å²) in [6.07, 6.45) is 40.2. The molecule has 0 aliphatic rings. The fourth-order valence-corrected chi connectivity index (χ4v) is 6.41. The Kier molecular flexibility index (Phi) is 35.6. The van der Waals surface area contributed by atoms with Crippen molar-refractivity contribution in [1.82, 2.24) is 0 Å². The van der Waals surface area contributed by atoms with E-state index in [1.807, 2.05) is 21.1 Å². The van der Waals surface area contributed by atoms with Gasteiger partial charge < -0.3 is 27.9 Å². The van der Waals surface area contributed by atoms with Crippen molar-refractivity contribution in [2.45, 2.75) is 187 Å². The zero-order valence-corrected chi connectivity index (χ0v) is 36.3. The average Bonchev–Trinajstić information content (AvgIpc) is 3.12. The van der Waals surface area contributed by atoms with Crippen molar-refractivity contribution < 1.29 is 42.1 Å². The molecule has 0 saturated heterocycles. The van der Waals surface area contributed by atoms with Gasteiger partial charge in [0.1, 0.15) is 19.8 Å². The molecule has 0 aromatic heterocycles. The topological polar surface area (TPSA) is 111 Å². The smallest absolute Gasteiger partial charge is 0.306 e. The Morgan fingerprint density at radius 1 is 0.574 bits per heavy atom. The van der Waals surface area contributed by atoms with Gasteiger partial charge in [0.2, 0.25) is 0 Å². The summed E-state index contributed by atoms with van der Waals surface area (Å²) in [6, 6.07) is 0. The third-order valence-electron chi connectivity index (χ3n) is 9.16. The maximum Gasteiger partial charge on any atom is 0.306 e. The van der Waals surface area contributed by atoms with Gasteiger partial charge >= 0.3 is 11.9 Å². The van der Waals surface area contributed by atoms with Gasteiger partial charge in [-0.25, -0.2) is 0 Å². The van der Waals surface area contributed by atoms with Gasteiger partial charge in [0.05, 0.1) is 27.7 Å². The minimum absolute atomic E-state index is 0.0344. The lowest BCUT2D eigenvalue weighted by Crippen LogP contribution is -2.37. The Hall–Kier alpha value is -1.77. The molecule has 10 heteroatoms. The largest absolute Gasteiger partial charge is 0.756 e. The molecule has 1 unspecified atom stereocenters. The van der Waals surface area contributed by atoms with E-state index in [1.54, 1.807) is 0 Å². The van der Waals surface area contributed by atoms with Crippen molar-refractivity contribution in [1.29, 1.82) is 0 Å². The molecule has 0 spiro atoms. The van der Waals surface area contributed by atoms with E-state index >= 15 is 0 Å². The van der Waals surface area contributed by atoms with Crippen LogP contribution in [-0.2, 0) is 32.7 Å². The molecule has 54 heavy (non-hydrogen) atoms. The molecule has 2 atom stereocenters. The molecule has 0 amide bonds. The van der Waals surface area contributed by atoms with Crippen molar-refractivity contribution in [3.05, 3.63) is 36.5 Å². The van der Waals surface area contributed by atoms with Crippen LogP contribution in [0.4, 0.5) is 0 Å². The summed E-state index contributed by atoms with van der Waals surface area (Å²) in [5.74, 6) is -0.854. The summed E-state index contributed by atoms with van der Waals surface area (Å²) < 4.78 is 33.9. The number of carbonyl (C=O) groups is 2. The standard InChI is InChI=1S/C44H82NO8P/c1-6-8-10-12-14-16-18-20-22-24-26-28-30-32-34-36-43(46)50-40-42(41-52-54(48,49)51-39-38-45(3,4)5)53-44(47)37-35-33-31-29-27-25-23-21-19-17-15-13-11-9-7-2/h12,14,17,19,21,23,42H,6-11,13,15-16,18,20,22,24-41H2,1-5H3/b14-12+,19-17+,23-21+/t42-/m1/s1. The fourth-order valence-electron chi connectivity index (χ4n) is 5.68. The molecule has 0 bridgehead atoms. The third-order valence-corrected chi connectivity index (χ3v) is 10.1. The van der Waals surface area contributed by atoms with Crippen LogP contribution in [0.3, 0.4) is 0 Å². The van der Waals surface area contributed by atoms with Crippen LogP contribution in [-0.4, -0.2) is 70.0 Å². The number of unbranched alkanes of at least 4 members (excludes halogenated alkanes) is 20. The first-order valence-corrected chi connectivity index (χ1v) is 23.2. The van der Waals surface area contributed by atoms with Gasteiger partial charge in [0.25, 0.3) is 7.82 Å². The lowest BCUT2D eigenvalue weighted by molar-refractivity contribution is -0.870. The molecule has 0 radical (unpaired) electrons. The van der Waals surface area contributed by atoms with Gasteiger partial charge in [-0.1, -0.05) is 147 Å². The second-order valence-electron chi connectivity index (χ2n) is 15.7. The van der Waals surface area contributed by atoms with Crippen LogP contribution in [0.15, 0.2) is 36.5 Å². The highest BCUT2D eigenvalue weighted by atomic mass is 31.2. The van der Waals surface area contributed by atoms with Crippen LogP contribution in [0, 0.1) is 0 Å². The van der Waals surface area contributed by atoms with Gasteiger partial charge in [-0.3, -0.25) is 14.2 Å². The molecule has 9 nitrogen and oxygen atoms in total. The molecule has 0 fully saturated rings. The first-order valence-electron chi connectivity index (χ1n) is 21.7. The summed E-state index contributed by atoms with van der Waals surface area (Å²) in [5.41, 5.74) is 0. The maximum absolute atomic E-state index is 12.7. The highest BCUT2D eigenvalue weighted by Crippen LogP contribution is 2.38. The van der Waals surface area contributed by atoms with Crippen molar-refractivity contribution in [3.63, 3.8) is 0 Å². The second-order valence-corrected chi connectivity index (χ2v) is 17.1. The summed E-state index contributed by atoms with van der Waals surface area (Å²) in [7, 11) is 1.15. The van der Waals surface area contributed by atoms with Crippen molar-refractivity contribution in [2.75, 3.05) is 47.5 Å². The predicted molar refractivity (Wildman–Crippen MR) is 222 cm³/mol. The number of nitrogens with zero attached hydrogens (tertiary/aromatic N) is 1.